The van der Waals surface area contributed by atoms with Crippen LogP contribution in [0.2, 0.25) is 0 Å². The van der Waals surface area contributed by atoms with E-state index >= 15 is 0 Å². The molecule has 3 atom stereocenters. The van der Waals surface area contributed by atoms with Gasteiger partial charge in [0, 0.05) is 12.8 Å². The summed E-state index contributed by atoms with van der Waals surface area (Å²) in [5.41, 5.74) is 0. The predicted molar refractivity (Wildman–Crippen MR) is 335 cm³/mol. The van der Waals surface area contributed by atoms with Crippen molar-refractivity contribution < 1.29 is 37.3 Å². The van der Waals surface area contributed by atoms with Crippen LogP contribution < -0.4 is 10.2 Å². The Morgan fingerprint density at radius 2 is 0.782 bits per heavy atom. The molecule has 0 saturated carbocycles. The Labute approximate surface area is 484 Å². The molecule has 0 radical (unpaired) electrons. The average Bonchev–Trinajstić information content (AvgIpc) is 3.40. The number of phosphoric acid groups is 1. The van der Waals surface area contributed by atoms with E-state index in [2.05, 4.69) is 62.5 Å². The number of carbonyl (C=O) groups excluding carboxylic acids is 2. The minimum Gasteiger partial charge on any atom is -0.756 e. The summed E-state index contributed by atoms with van der Waals surface area (Å²) in [4.78, 5) is 40.0. The minimum atomic E-state index is -4.70. The Kier molecular flexibility index (Phi) is 56.7. The molecule has 1 amide bonds. The van der Waals surface area contributed by atoms with Crippen molar-refractivity contribution in [3.05, 3.63) is 48.6 Å². The topological polar surface area (TPSA) is 114 Å². The number of nitrogens with one attached hydrogen (secondary N) is 1. The number of unbranched alkanes of at least 4 members (excludes halogenated alkanes) is 39. The average molecular weight is 1120 g/mol. The van der Waals surface area contributed by atoms with E-state index in [1.54, 1.807) is 0 Å². The highest BCUT2D eigenvalue weighted by Crippen LogP contribution is 2.38. The van der Waals surface area contributed by atoms with E-state index in [4.69, 9.17) is 13.8 Å². The molecule has 0 saturated heterocycles. The third-order valence-electron chi connectivity index (χ3n) is 15.0. The van der Waals surface area contributed by atoms with E-state index in [1.165, 1.54) is 212 Å². The van der Waals surface area contributed by atoms with Gasteiger partial charge >= 0.3 is 5.97 Å². The number of nitrogens with zero attached hydrogens (tertiary/aromatic N) is 1. The van der Waals surface area contributed by atoms with Crippen molar-refractivity contribution in [1.29, 1.82) is 0 Å². The van der Waals surface area contributed by atoms with E-state index in [9.17, 15) is 19.0 Å². The monoisotopic (exact) mass is 1120 g/mol. The van der Waals surface area contributed by atoms with Crippen LogP contribution in [0.1, 0.15) is 323 Å². The van der Waals surface area contributed by atoms with Crippen LogP contribution in [0.25, 0.3) is 0 Å². The summed E-state index contributed by atoms with van der Waals surface area (Å²) in [7, 11) is 1.19. The third kappa shape index (κ3) is 58.6. The Hall–Kier alpha value is -2.03. The molecule has 10 heteroatoms. The number of amides is 1. The number of carbonyl (C=O) groups is 2. The highest BCUT2D eigenvalue weighted by atomic mass is 31.2. The van der Waals surface area contributed by atoms with Gasteiger partial charge in [0.1, 0.15) is 19.3 Å². The summed E-state index contributed by atoms with van der Waals surface area (Å²) >= 11 is 0. The number of esters is 1. The molecule has 458 valence electrons. The molecule has 0 aliphatic heterocycles. The van der Waals surface area contributed by atoms with Gasteiger partial charge in [-0.05, 0) is 89.5 Å². The number of likely N-dealkylation sites (N-methyl/N-ethyl adjacent to an activating group) is 1. The van der Waals surface area contributed by atoms with E-state index in [-0.39, 0.29) is 31.5 Å². The van der Waals surface area contributed by atoms with Crippen LogP contribution in [-0.4, -0.2) is 69.4 Å². The van der Waals surface area contributed by atoms with Crippen LogP contribution in [-0.2, 0) is 27.9 Å². The maximum absolute atomic E-state index is 13.6. The molecule has 0 rings (SSSR count). The lowest BCUT2D eigenvalue weighted by molar-refractivity contribution is -0.870. The van der Waals surface area contributed by atoms with Crippen molar-refractivity contribution in [2.24, 2.45) is 0 Å². The summed E-state index contributed by atoms with van der Waals surface area (Å²) in [5.74, 6) is -0.548. The van der Waals surface area contributed by atoms with Gasteiger partial charge < -0.3 is 28.5 Å². The molecule has 0 aliphatic carbocycles. The first-order chi connectivity index (χ1) is 37.9. The molecule has 0 aromatic rings. The molecule has 1 N–H and O–H groups in total. The van der Waals surface area contributed by atoms with Crippen molar-refractivity contribution >= 4 is 19.7 Å². The smallest absolute Gasteiger partial charge is 0.306 e. The van der Waals surface area contributed by atoms with Crippen molar-refractivity contribution in [1.82, 2.24) is 5.32 Å². The largest absolute Gasteiger partial charge is 0.756 e. The van der Waals surface area contributed by atoms with Crippen LogP contribution in [0.4, 0.5) is 0 Å². The van der Waals surface area contributed by atoms with Crippen LogP contribution in [0.15, 0.2) is 48.6 Å². The standard InChI is InChI=1S/C68H129N2O7P/c1-7-10-13-16-19-22-25-28-29-30-31-32-33-34-35-36-37-38-39-40-41-43-45-48-51-54-57-60-67(71)69-65(64-76-78(73,74)75-63-62-70(4,5)6)66(59-56-53-50-47-44-27-24-21-18-15-12-9-3)77-68(72)61-58-55-52-49-46-42-26-23-20-17-14-11-8-2/h19,22,28-29,42,46,56,59,65-66H,7-18,20-21,23-27,30-41,43-45,47-55,57-58,60-64H2,1-6H3,(H-,69,71,73,74)/b22-19-,29-28-,46-42-,59-56-. The van der Waals surface area contributed by atoms with Crippen molar-refractivity contribution in [3.8, 4) is 0 Å². The number of hydrogen-bond acceptors (Lipinski definition) is 7. The second-order valence-corrected chi connectivity index (χ2v) is 25.4. The maximum atomic E-state index is 13.6. The van der Waals surface area contributed by atoms with E-state index in [1.807, 2.05) is 33.3 Å². The van der Waals surface area contributed by atoms with Crippen molar-refractivity contribution in [2.75, 3.05) is 40.9 Å². The fraction of sp³-hybridized carbons (Fsp3) is 0.853. The summed E-state index contributed by atoms with van der Waals surface area (Å²) in [5, 5.41) is 3.03. The fourth-order valence-corrected chi connectivity index (χ4v) is 10.5. The third-order valence-corrected chi connectivity index (χ3v) is 15.9. The molecule has 0 bridgehead atoms. The fourth-order valence-electron chi connectivity index (χ4n) is 9.78. The molecule has 0 aromatic carbocycles. The van der Waals surface area contributed by atoms with Gasteiger partial charge in [-0.15, -0.1) is 0 Å². The summed E-state index contributed by atoms with van der Waals surface area (Å²) in [6.45, 7) is 6.83. The van der Waals surface area contributed by atoms with Crippen LogP contribution in [0.3, 0.4) is 0 Å². The Morgan fingerprint density at radius 1 is 0.449 bits per heavy atom. The summed E-state index contributed by atoms with van der Waals surface area (Å²) in [6, 6.07) is -0.892. The summed E-state index contributed by atoms with van der Waals surface area (Å²) < 4.78 is 30.3. The van der Waals surface area contributed by atoms with Gasteiger partial charge in [-0.3, -0.25) is 14.2 Å². The molecule has 0 aromatic heterocycles. The van der Waals surface area contributed by atoms with Gasteiger partial charge in [0.05, 0.1) is 33.8 Å². The quantitative estimate of drug-likeness (QED) is 0.0212. The Balaban J connectivity index is 4.99. The molecule has 0 spiro atoms. The van der Waals surface area contributed by atoms with E-state index in [0.29, 0.717) is 23.9 Å². The van der Waals surface area contributed by atoms with Crippen LogP contribution >= 0.6 is 7.82 Å². The SMILES string of the molecule is CCCCC/C=C\C/C=C\CCCCCCCCCCCCCCCCCCCC(=O)NC(COP(=O)([O-])OCC[N+](C)(C)C)C(/C=C\CCCCCCCCCCCC)OC(=O)CCCCC/C=C\CCCCCCCC. The second-order valence-electron chi connectivity index (χ2n) is 24.0. The Morgan fingerprint density at radius 3 is 1.21 bits per heavy atom. The zero-order valence-electron chi connectivity index (χ0n) is 52.4. The molecule has 78 heavy (non-hydrogen) atoms. The molecule has 0 fully saturated rings. The van der Waals surface area contributed by atoms with Gasteiger partial charge in [-0.25, -0.2) is 0 Å². The number of phosphoric ester groups is 1. The van der Waals surface area contributed by atoms with E-state index in [0.717, 1.165) is 70.6 Å². The lowest BCUT2D eigenvalue weighted by atomic mass is 10.0. The summed E-state index contributed by atoms with van der Waals surface area (Å²) in [6.07, 6.45) is 72.4. The molecule has 9 nitrogen and oxygen atoms in total. The lowest BCUT2D eigenvalue weighted by Crippen LogP contribution is -2.47. The highest BCUT2D eigenvalue weighted by Gasteiger charge is 2.27. The van der Waals surface area contributed by atoms with E-state index < -0.39 is 20.0 Å². The maximum Gasteiger partial charge on any atom is 0.306 e. The first-order valence-corrected chi connectivity index (χ1v) is 34.9. The van der Waals surface area contributed by atoms with Crippen LogP contribution in [0.5, 0.6) is 0 Å². The zero-order chi connectivity index (χ0) is 57.2. The number of quaternary nitrogens is 1. The normalized spacial score (nSPS) is 13.9. The molecule has 0 heterocycles. The molecule has 3 unspecified atom stereocenters. The molecular weight excluding hydrogens is 988 g/mol. The number of allylic oxidation sites excluding steroid dienone is 7. The predicted octanol–water partition coefficient (Wildman–Crippen LogP) is 20.2. The molecular formula is C68H129N2O7P. The Bertz CT molecular complexity index is 1470. The van der Waals surface area contributed by atoms with Crippen LogP contribution in [0, 0.1) is 0 Å². The number of hydrogen-bond donors (Lipinski definition) is 1. The van der Waals surface area contributed by atoms with Gasteiger partial charge in [0.2, 0.25) is 5.91 Å². The van der Waals surface area contributed by atoms with Gasteiger partial charge in [-0.1, -0.05) is 269 Å². The highest BCUT2D eigenvalue weighted by molar-refractivity contribution is 7.45. The van der Waals surface area contributed by atoms with Gasteiger partial charge in [0.25, 0.3) is 7.82 Å². The van der Waals surface area contributed by atoms with Gasteiger partial charge in [0.15, 0.2) is 0 Å². The molecule has 0 aliphatic rings. The zero-order valence-corrected chi connectivity index (χ0v) is 53.3. The number of ether oxygens (including phenoxy) is 1. The van der Waals surface area contributed by atoms with Crippen molar-refractivity contribution in [3.63, 3.8) is 0 Å². The van der Waals surface area contributed by atoms with Gasteiger partial charge in [-0.2, -0.15) is 0 Å². The first kappa shape index (κ1) is 76.0. The first-order valence-electron chi connectivity index (χ1n) is 33.4. The lowest BCUT2D eigenvalue weighted by Gasteiger charge is -2.30. The minimum absolute atomic E-state index is 0.0230. The number of rotatable bonds is 61. The van der Waals surface area contributed by atoms with Crippen molar-refractivity contribution in [2.45, 2.75) is 335 Å². The second kappa shape index (κ2) is 58.2.